The summed E-state index contributed by atoms with van der Waals surface area (Å²) in [6.07, 6.45) is -5.50. The molecule has 45 heavy (non-hydrogen) atoms. The fourth-order valence-corrected chi connectivity index (χ4v) is 5.53. The van der Waals surface area contributed by atoms with Gasteiger partial charge in [0.1, 0.15) is 12.2 Å². The van der Waals surface area contributed by atoms with Crippen molar-refractivity contribution in [3.05, 3.63) is 144 Å². The highest BCUT2D eigenvalue weighted by Crippen LogP contribution is 2.45. The Kier molecular flexibility index (Phi) is 11.4. The molecule has 1 saturated carbocycles. The quantitative estimate of drug-likeness (QED) is 0.140. The van der Waals surface area contributed by atoms with Crippen LogP contribution >= 0.6 is 0 Å². The average Bonchev–Trinajstić information content (AvgIpc) is 3.06. The average molecular weight is 617 g/mol. The molecule has 1 aliphatic rings. The molecule has 4 aromatic carbocycles. The number of carbonyl (C=O) groups is 1. The van der Waals surface area contributed by atoms with Crippen LogP contribution in [0.5, 0.6) is 0 Å². The summed E-state index contributed by atoms with van der Waals surface area (Å²) < 4.78 is 63.8. The van der Waals surface area contributed by atoms with Gasteiger partial charge in [-0.1, -0.05) is 121 Å². The monoisotopic (exact) mass is 616 g/mol. The summed E-state index contributed by atoms with van der Waals surface area (Å²) >= 11 is 0. The third-order valence-electron chi connectivity index (χ3n) is 7.77. The predicted octanol–water partition coefficient (Wildman–Crippen LogP) is 7.16. The van der Waals surface area contributed by atoms with Gasteiger partial charge in [-0.3, -0.25) is 4.79 Å². The first-order chi connectivity index (χ1) is 21.9. The van der Waals surface area contributed by atoms with Gasteiger partial charge in [-0.25, -0.2) is 8.78 Å². The molecule has 8 heteroatoms. The van der Waals surface area contributed by atoms with E-state index in [1.165, 1.54) is 0 Å². The van der Waals surface area contributed by atoms with Crippen LogP contribution < -0.4 is 0 Å². The number of rotatable bonds is 14. The zero-order valence-electron chi connectivity index (χ0n) is 25.2. The van der Waals surface area contributed by atoms with Gasteiger partial charge in [-0.15, -0.1) is 0 Å². The maximum atomic E-state index is 16.7. The molecule has 1 aliphatic carbocycles. The first kappa shape index (κ1) is 32.4. The molecule has 0 heterocycles. The third-order valence-corrected chi connectivity index (χ3v) is 7.77. The largest absolute Gasteiger partial charge is 0.453 e. The first-order valence-corrected chi connectivity index (χ1v) is 15.0. The number of hydrogen-bond donors (Lipinski definition) is 0. The fraction of sp³-hybridized carbons (Fsp3) is 0.324. The Morgan fingerprint density at radius 1 is 0.578 bits per heavy atom. The predicted molar refractivity (Wildman–Crippen MR) is 165 cm³/mol. The lowest BCUT2D eigenvalue weighted by atomic mass is 9.77. The second-order valence-corrected chi connectivity index (χ2v) is 11.1. The Morgan fingerprint density at radius 3 is 1.38 bits per heavy atom. The summed E-state index contributed by atoms with van der Waals surface area (Å²) in [5.74, 6) is -5.95. The Morgan fingerprint density at radius 2 is 0.956 bits per heavy atom. The van der Waals surface area contributed by atoms with E-state index in [4.69, 9.17) is 23.7 Å². The number of alkyl halides is 2. The third kappa shape index (κ3) is 8.83. The van der Waals surface area contributed by atoms with E-state index in [1.807, 2.05) is 121 Å². The maximum absolute atomic E-state index is 16.7. The van der Waals surface area contributed by atoms with Crippen molar-refractivity contribution in [1.29, 1.82) is 0 Å². The van der Waals surface area contributed by atoms with Crippen molar-refractivity contribution >= 4 is 5.97 Å². The molecular weight excluding hydrogens is 578 g/mol. The van der Waals surface area contributed by atoms with Gasteiger partial charge in [-0.2, -0.15) is 0 Å². The minimum absolute atomic E-state index is 0.00509. The lowest BCUT2D eigenvalue weighted by Gasteiger charge is -2.49. The molecule has 6 nitrogen and oxygen atoms in total. The lowest BCUT2D eigenvalue weighted by Crippen LogP contribution is -2.68. The molecule has 4 aromatic rings. The molecular formula is C37H38F2O6. The first-order valence-electron chi connectivity index (χ1n) is 15.0. The molecule has 0 aromatic heterocycles. The van der Waals surface area contributed by atoms with Gasteiger partial charge in [0.05, 0.1) is 45.1 Å². The molecule has 0 unspecified atom stereocenters. The van der Waals surface area contributed by atoms with Gasteiger partial charge in [0.15, 0.2) is 6.10 Å². The van der Waals surface area contributed by atoms with E-state index in [0.717, 1.165) is 29.2 Å². The SMILES string of the molecule is CC(=O)O[C@H]1[C@H](OCc2ccccc2)[C@@H](OCc2ccccc2)[C@H](OCc2ccccc2)[C@@H](COCc2ccccc2)C1(F)F. The Labute approximate surface area is 262 Å². The minimum atomic E-state index is -3.59. The van der Waals surface area contributed by atoms with Crippen molar-refractivity contribution in [2.45, 2.75) is 63.7 Å². The zero-order valence-corrected chi connectivity index (χ0v) is 25.2. The number of benzene rings is 4. The van der Waals surface area contributed by atoms with Crippen molar-refractivity contribution in [2.75, 3.05) is 6.61 Å². The highest BCUT2D eigenvalue weighted by Gasteiger charge is 2.65. The maximum Gasteiger partial charge on any atom is 0.303 e. The summed E-state index contributed by atoms with van der Waals surface area (Å²) in [6, 6.07) is 37.3. The van der Waals surface area contributed by atoms with E-state index in [-0.39, 0.29) is 33.0 Å². The number of ether oxygens (including phenoxy) is 5. The van der Waals surface area contributed by atoms with Crippen LogP contribution in [0.3, 0.4) is 0 Å². The molecule has 0 N–H and O–H groups in total. The second-order valence-electron chi connectivity index (χ2n) is 11.1. The van der Waals surface area contributed by atoms with Crippen molar-refractivity contribution in [3.8, 4) is 0 Å². The standard InChI is InChI=1S/C37H38F2O6/c1-27(40)45-36-35(44-25-31-20-12-5-13-21-31)34(43-24-30-18-10-4-11-19-30)33(42-23-29-16-8-3-9-17-29)32(37(36,38)39)26-41-22-28-14-6-2-7-15-28/h2-21,32-36H,22-26H2,1H3/t32-,33-,34+,35-,36+/m1/s1. The van der Waals surface area contributed by atoms with Crippen LogP contribution in [0.2, 0.25) is 0 Å². The number of esters is 1. The topological polar surface area (TPSA) is 63.2 Å². The smallest absolute Gasteiger partial charge is 0.303 e. The normalized spacial score (nSPS) is 22.5. The van der Waals surface area contributed by atoms with Gasteiger partial charge < -0.3 is 23.7 Å². The highest BCUT2D eigenvalue weighted by atomic mass is 19.3. The zero-order chi connectivity index (χ0) is 31.5. The number of hydrogen-bond acceptors (Lipinski definition) is 6. The summed E-state index contributed by atoms with van der Waals surface area (Å²) in [7, 11) is 0. The van der Waals surface area contributed by atoms with E-state index < -0.39 is 42.2 Å². The summed E-state index contributed by atoms with van der Waals surface area (Å²) in [5, 5.41) is 0. The Hall–Kier alpha value is -3.95. The van der Waals surface area contributed by atoms with Crippen LogP contribution in [0.1, 0.15) is 29.2 Å². The van der Waals surface area contributed by atoms with Crippen LogP contribution in [-0.4, -0.2) is 42.9 Å². The molecule has 0 bridgehead atoms. The lowest BCUT2D eigenvalue weighted by molar-refractivity contribution is -0.306. The van der Waals surface area contributed by atoms with E-state index >= 15 is 8.78 Å². The van der Waals surface area contributed by atoms with Crippen LogP contribution in [0.4, 0.5) is 8.78 Å². The van der Waals surface area contributed by atoms with Gasteiger partial charge in [0.2, 0.25) is 0 Å². The van der Waals surface area contributed by atoms with Gasteiger partial charge in [0, 0.05) is 6.92 Å². The molecule has 0 spiro atoms. The van der Waals surface area contributed by atoms with Crippen molar-refractivity contribution < 1.29 is 37.3 Å². The van der Waals surface area contributed by atoms with Gasteiger partial charge in [-0.05, 0) is 22.3 Å². The fourth-order valence-electron chi connectivity index (χ4n) is 5.53. The summed E-state index contributed by atoms with van der Waals surface area (Å²) in [6.45, 7) is 1.05. The van der Waals surface area contributed by atoms with E-state index in [0.29, 0.717) is 0 Å². The van der Waals surface area contributed by atoms with Crippen LogP contribution in [0.15, 0.2) is 121 Å². The van der Waals surface area contributed by atoms with Crippen molar-refractivity contribution in [2.24, 2.45) is 5.92 Å². The van der Waals surface area contributed by atoms with E-state index in [2.05, 4.69) is 0 Å². The van der Waals surface area contributed by atoms with Crippen molar-refractivity contribution in [3.63, 3.8) is 0 Å². The molecule has 0 radical (unpaired) electrons. The van der Waals surface area contributed by atoms with Crippen molar-refractivity contribution in [1.82, 2.24) is 0 Å². The Bertz CT molecular complexity index is 1440. The molecule has 1 fully saturated rings. The van der Waals surface area contributed by atoms with E-state index in [9.17, 15) is 4.79 Å². The van der Waals surface area contributed by atoms with Crippen LogP contribution in [0.25, 0.3) is 0 Å². The molecule has 0 aliphatic heterocycles. The molecule has 236 valence electrons. The number of carbonyl (C=O) groups excluding carboxylic acids is 1. The Balaban J connectivity index is 1.50. The van der Waals surface area contributed by atoms with Crippen LogP contribution in [0, 0.1) is 5.92 Å². The minimum Gasteiger partial charge on any atom is -0.453 e. The molecule has 5 atom stereocenters. The number of halogens is 2. The molecule has 5 rings (SSSR count). The highest BCUT2D eigenvalue weighted by molar-refractivity contribution is 5.66. The summed E-state index contributed by atoms with van der Waals surface area (Å²) in [4.78, 5) is 12.3. The van der Waals surface area contributed by atoms with Crippen LogP contribution in [-0.2, 0) is 54.9 Å². The second kappa shape index (κ2) is 15.9. The molecule has 0 saturated heterocycles. The van der Waals surface area contributed by atoms with E-state index in [1.54, 1.807) is 0 Å². The molecule has 0 amide bonds. The van der Waals surface area contributed by atoms with Gasteiger partial charge >= 0.3 is 5.97 Å². The summed E-state index contributed by atoms with van der Waals surface area (Å²) in [5.41, 5.74) is 3.28. The van der Waals surface area contributed by atoms with Gasteiger partial charge in [0.25, 0.3) is 5.92 Å².